The fourth-order valence-electron chi connectivity index (χ4n) is 3.23. The summed E-state index contributed by atoms with van der Waals surface area (Å²) in [6.45, 7) is 6.85. The van der Waals surface area contributed by atoms with Gasteiger partial charge in [0.25, 0.3) is 0 Å². The highest BCUT2D eigenvalue weighted by Crippen LogP contribution is 2.37. The Bertz CT molecular complexity index is 228. The molecule has 0 bridgehead atoms. The minimum atomic E-state index is 0.773. The van der Waals surface area contributed by atoms with Crippen LogP contribution in [0.5, 0.6) is 0 Å². The van der Waals surface area contributed by atoms with Gasteiger partial charge in [-0.3, -0.25) is 0 Å². The van der Waals surface area contributed by atoms with Crippen LogP contribution >= 0.6 is 0 Å². The highest BCUT2D eigenvalue weighted by atomic mass is 14.9. The summed E-state index contributed by atoms with van der Waals surface area (Å²) in [5, 5.41) is 3.57. The molecule has 1 heteroatoms. The first-order valence-corrected chi connectivity index (χ1v) is 7.45. The smallest absolute Gasteiger partial charge is 0.0118 e. The van der Waals surface area contributed by atoms with Crippen LogP contribution in [-0.2, 0) is 0 Å². The van der Waals surface area contributed by atoms with Crippen molar-refractivity contribution in [1.82, 2.24) is 5.32 Å². The van der Waals surface area contributed by atoms with Crippen molar-refractivity contribution in [2.45, 2.75) is 58.8 Å². The van der Waals surface area contributed by atoms with Crippen LogP contribution in [0.25, 0.3) is 0 Å². The second kappa shape index (κ2) is 8.59. The van der Waals surface area contributed by atoms with Crippen molar-refractivity contribution < 1.29 is 0 Å². The van der Waals surface area contributed by atoms with E-state index in [0.29, 0.717) is 0 Å². The molecule has 3 unspecified atom stereocenters. The van der Waals surface area contributed by atoms with Crippen molar-refractivity contribution in [3.63, 3.8) is 0 Å². The van der Waals surface area contributed by atoms with Gasteiger partial charge in [0, 0.05) is 6.42 Å². The first kappa shape index (κ1) is 14.6. The molecular formula is C16H29N. The average molecular weight is 235 g/mol. The molecule has 0 aromatic heterocycles. The summed E-state index contributed by atoms with van der Waals surface area (Å²) < 4.78 is 0. The molecule has 1 aliphatic rings. The SMILES string of the molecule is C#CCC1CC(CCC)CCC1CNCCC. The Morgan fingerprint density at radius 2 is 2.00 bits per heavy atom. The van der Waals surface area contributed by atoms with Crippen LogP contribution < -0.4 is 5.32 Å². The summed E-state index contributed by atoms with van der Waals surface area (Å²) in [5.41, 5.74) is 0. The quantitative estimate of drug-likeness (QED) is 0.522. The van der Waals surface area contributed by atoms with Gasteiger partial charge in [-0.25, -0.2) is 0 Å². The topological polar surface area (TPSA) is 12.0 Å². The van der Waals surface area contributed by atoms with Crippen molar-refractivity contribution in [3.8, 4) is 12.3 Å². The maximum Gasteiger partial charge on any atom is 0.0118 e. The van der Waals surface area contributed by atoms with Crippen molar-refractivity contribution in [3.05, 3.63) is 0 Å². The van der Waals surface area contributed by atoms with E-state index in [1.165, 1.54) is 45.1 Å². The molecule has 0 heterocycles. The molecule has 0 aromatic rings. The summed E-state index contributed by atoms with van der Waals surface area (Å²) >= 11 is 0. The number of nitrogens with one attached hydrogen (secondary N) is 1. The van der Waals surface area contributed by atoms with E-state index in [1.54, 1.807) is 0 Å². The maximum absolute atomic E-state index is 5.53. The summed E-state index contributed by atoms with van der Waals surface area (Å²) in [6.07, 6.45) is 14.6. The Morgan fingerprint density at radius 1 is 1.18 bits per heavy atom. The molecule has 1 saturated carbocycles. The van der Waals surface area contributed by atoms with E-state index in [0.717, 1.165) is 30.7 Å². The lowest BCUT2D eigenvalue weighted by molar-refractivity contribution is 0.171. The van der Waals surface area contributed by atoms with Crippen molar-refractivity contribution in [1.29, 1.82) is 0 Å². The molecule has 0 spiro atoms. The highest BCUT2D eigenvalue weighted by Gasteiger charge is 2.28. The van der Waals surface area contributed by atoms with Gasteiger partial charge in [0.05, 0.1) is 0 Å². The first-order valence-electron chi connectivity index (χ1n) is 7.45. The van der Waals surface area contributed by atoms with Crippen LogP contribution in [-0.4, -0.2) is 13.1 Å². The monoisotopic (exact) mass is 235 g/mol. The minimum absolute atomic E-state index is 0.773. The first-order chi connectivity index (χ1) is 8.31. The molecule has 1 nitrogen and oxygen atoms in total. The summed E-state index contributed by atoms with van der Waals surface area (Å²) in [7, 11) is 0. The Kier molecular flexibility index (Phi) is 7.37. The fraction of sp³-hybridized carbons (Fsp3) is 0.875. The van der Waals surface area contributed by atoms with Gasteiger partial charge in [0.1, 0.15) is 0 Å². The number of terminal acetylenes is 1. The zero-order chi connectivity index (χ0) is 12.5. The number of rotatable bonds is 7. The molecule has 1 fully saturated rings. The lowest BCUT2D eigenvalue weighted by Crippen LogP contribution is -2.33. The average Bonchev–Trinajstić information content (AvgIpc) is 2.33. The molecule has 0 amide bonds. The van der Waals surface area contributed by atoms with E-state index >= 15 is 0 Å². The van der Waals surface area contributed by atoms with E-state index in [4.69, 9.17) is 6.42 Å². The normalized spacial score (nSPS) is 28.9. The van der Waals surface area contributed by atoms with Gasteiger partial charge >= 0.3 is 0 Å². The standard InChI is InChI=1S/C16H29N/c1-4-7-14-9-10-16(13-17-11-6-3)15(12-14)8-5-2/h2,14-17H,4,6-13H2,1,3H3. The highest BCUT2D eigenvalue weighted by molar-refractivity contribution is 4.92. The van der Waals surface area contributed by atoms with Crippen LogP contribution in [0.15, 0.2) is 0 Å². The van der Waals surface area contributed by atoms with Crippen LogP contribution in [0, 0.1) is 30.1 Å². The van der Waals surface area contributed by atoms with Gasteiger partial charge in [-0.05, 0) is 50.1 Å². The zero-order valence-corrected chi connectivity index (χ0v) is 11.7. The van der Waals surface area contributed by atoms with Crippen molar-refractivity contribution >= 4 is 0 Å². The molecule has 1 aliphatic carbocycles. The summed E-state index contributed by atoms with van der Waals surface area (Å²) in [6, 6.07) is 0. The van der Waals surface area contributed by atoms with Gasteiger partial charge < -0.3 is 5.32 Å². The maximum atomic E-state index is 5.53. The predicted octanol–water partition coefficient (Wildman–Crippen LogP) is 3.84. The van der Waals surface area contributed by atoms with Crippen LogP contribution in [0.4, 0.5) is 0 Å². The van der Waals surface area contributed by atoms with E-state index in [9.17, 15) is 0 Å². The Hall–Kier alpha value is -0.480. The van der Waals surface area contributed by atoms with Gasteiger partial charge in [-0.2, -0.15) is 0 Å². The van der Waals surface area contributed by atoms with Gasteiger partial charge in [-0.15, -0.1) is 12.3 Å². The summed E-state index contributed by atoms with van der Waals surface area (Å²) in [5.74, 6) is 5.44. The Balaban J connectivity index is 2.39. The largest absolute Gasteiger partial charge is 0.316 e. The third-order valence-electron chi connectivity index (χ3n) is 4.16. The van der Waals surface area contributed by atoms with E-state index in [1.807, 2.05) is 0 Å². The second-order valence-electron chi connectivity index (χ2n) is 5.60. The molecule has 1 N–H and O–H groups in total. The van der Waals surface area contributed by atoms with E-state index in [2.05, 4.69) is 25.1 Å². The van der Waals surface area contributed by atoms with Gasteiger partial charge in [0.2, 0.25) is 0 Å². The molecule has 0 aliphatic heterocycles. The predicted molar refractivity (Wildman–Crippen MR) is 75.8 cm³/mol. The number of hydrogen-bond donors (Lipinski definition) is 1. The van der Waals surface area contributed by atoms with E-state index < -0.39 is 0 Å². The van der Waals surface area contributed by atoms with Crippen LogP contribution in [0.3, 0.4) is 0 Å². The third-order valence-corrected chi connectivity index (χ3v) is 4.16. The Morgan fingerprint density at radius 3 is 2.65 bits per heavy atom. The Labute approximate surface area is 108 Å². The van der Waals surface area contributed by atoms with Gasteiger partial charge in [-0.1, -0.05) is 33.1 Å². The number of hydrogen-bond acceptors (Lipinski definition) is 1. The molecule has 0 aromatic carbocycles. The molecule has 98 valence electrons. The van der Waals surface area contributed by atoms with Crippen molar-refractivity contribution in [2.24, 2.45) is 17.8 Å². The fourth-order valence-corrected chi connectivity index (χ4v) is 3.23. The lowest BCUT2D eigenvalue weighted by Gasteiger charge is -2.35. The molecule has 1 rings (SSSR count). The third kappa shape index (κ3) is 5.13. The molecular weight excluding hydrogens is 206 g/mol. The van der Waals surface area contributed by atoms with Crippen molar-refractivity contribution in [2.75, 3.05) is 13.1 Å². The van der Waals surface area contributed by atoms with Crippen LogP contribution in [0.1, 0.15) is 58.8 Å². The van der Waals surface area contributed by atoms with Crippen LogP contribution in [0.2, 0.25) is 0 Å². The second-order valence-corrected chi connectivity index (χ2v) is 5.60. The molecule has 0 radical (unpaired) electrons. The van der Waals surface area contributed by atoms with E-state index in [-0.39, 0.29) is 0 Å². The minimum Gasteiger partial charge on any atom is -0.316 e. The molecule has 17 heavy (non-hydrogen) atoms. The van der Waals surface area contributed by atoms with Gasteiger partial charge in [0.15, 0.2) is 0 Å². The summed E-state index contributed by atoms with van der Waals surface area (Å²) in [4.78, 5) is 0. The molecule has 0 saturated heterocycles. The molecule has 3 atom stereocenters. The zero-order valence-electron chi connectivity index (χ0n) is 11.7. The lowest BCUT2D eigenvalue weighted by atomic mass is 9.71.